The number of amides is 2. The van der Waals surface area contributed by atoms with Gasteiger partial charge in [-0.1, -0.05) is 159 Å². The molecule has 0 saturated heterocycles. The predicted octanol–water partition coefficient (Wildman–Crippen LogP) is 12.5. The van der Waals surface area contributed by atoms with Crippen molar-refractivity contribution in [3.8, 4) is 0 Å². The van der Waals surface area contributed by atoms with Gasteiger partial charge in [-0.3, -0.25) is 14.4 Å². The molecular formula is C50H90N2O7. The van der Waals surface area contributed by atoms with Crippen LogP contribution in [0.3, 0.4) is 0 Å². The molecule has 9 heteroatoms. The van der Waals surface area contributed by atoms with Crippen LogP contribution in [-0.4, -0.2) is 59.3 Å². The summed E-state index contributed by atoms with van der Waals surface area (Å²) in [5.74, 6) is -2.31. The highest BCUT2D eigenvalue weighted by atomic mass is 16.5. The molecular weight excluding hydrogens is 741 g/mol. The van der Waals surface area contributed by atoms with Crippen molar-refractivity contribution in [1.29, 1.82) is 0 Å². The Hall–Kier alpha value is -2.94. The van der Waals surface area contributed by atoms with E-state index in [9.17, 15) is 19.2 Å². The normalized spacial score (nSPS) is 12.7. The summed E-state index contributed by atoms with van der Waals surface area (Å²) in [5, 5.41) is 22.6. The number of rotatable bonds is 44. The van der Waals surface area contributed by atoms with E-state index >= 15 is 0 Å². The van der Waals surface area contributed by atoms with Crippen LogP contribution in [0.4, 0.5) is 0 Å². The van der Waals surface area contributed by atoms with E-state index < -0.39 is 24.5 Å². The molecule has 0 aromatic carbocycles. The van der Waals surface area contributed by atoms with E-state index in [1.807, 2.05) is 0 Å². The number of aliphatic carboxylic acids is 1. The second-order valence-corrected chi connectivity index (χ2v) is 16.5. The summed E-state index contributed by atoms with van der Waals surface area (Å²) < 4.78 is 6.04. The van der Waals surface area contributed by atoms with E-state index in [1.165, 1.54) is 109 Å². The van der Waals surface area contributed by atoms with E-state index in [0.717, 1.165) is 89.9 Å². The average molecular weight is 831 g/mol. The first-order chi connectivity index (χ1) is 28.8. The highest BCUT2D eigenvalue weighted by Crippen LogP contribution is 2.18. The van der Waals surface area contributed by atoms with Crippen molar-refractivity contribution in [2.75, 3.05) is 13.2 Å². The zero-order valence-electron chi connectivity index (χ0n) is 38.0. The van der Waals surface area contributed by atoms with Crippen molar-refractivity contribution in [2.24, 2.45) is 0 Å². The fraction of sp³-hybridized carbons (Fsp3) is 0.800. The maximum Gasteiger partial charge on any atom is 0.328 e. The lowest BCUT2D eigenvalue weighted by molar-refractivity contribution is -0.150. The van der Waals surface area contributed by atoms with Gasteiger partial charge in [0, 0.05) is 12.8 Å². The number of ether oxygens (including phenoxy) is 1. The van der Waals surface area contributed by atoms with Crippen molar-refractivity contribution < 1.29 is 34.1 Å². The quantitative estimate of drug-likeness (QED) is 0.0272. The summed E-state index contributed by atoms with van der Waals surface area (Å²) in [7, 11) is 0. The molecule has 0 radical (unpaired) electrons. The van der Waals surface area contributed by atoms with Gasteiger partial charge in [-0.05, 0) is 96.3 Å². The molecule has 2 amide bonds. The molecule has 4 N–H and O–H groups in total. The van der Waals surface area contributed by atoms with Gasteiger partial charge in [-0.15, -0.1) is 0 Å². The minimum Gasteiger partial charge on any atom is -0.480 e. The molecule has 0 saturated carbocycles. The molecule has 2 unspecified atom stereocenters. The van der Waals surface area contributed by atoms with E-state index in [0.29, 0.717) is 12.8 Å². The smallest absolute Gasteiger partial charge is 0.328 e. The van der Waals surface area contributed by atoms with Gasteiger partial charge in [0.2, 0.25) is 11.8 Å². The third-order valence-corrected chi connectivity index (χ3v) is 10.9. The molecule has 59 heavy (non-hydrogen) atoms. The summed E-state index contributed by atoms with van der Waals surface area (Å²) in [6.07, 6.45) is 51.7. The van der Waals surface area contributed by atoms with E-state index in [-0.39, 0.29) is 30.9 Å². The van der Waals surface area contributed by atoms with E-state index in [1.54, 1.807) is 0 Å². The Kier molecular flexibility index (Phi) is 42.4. The van der Waals surface area contributed by atoms with Gasteiger partial charge in [0.05, 0.1) is 13.2 Å². The van der Waals surface area contributed by atoms with Crippen LogP contribution in [0.2, 0.25) is 0 Å². The van der Waals surface area contributed by atoms with Crippen molar-refractivity contribution >= 4 is 23.8 Å². The maximum atomic E-state index is 12.8. The Morgan fingerprint density at radius 3 is 1.39 bits per heavy atom. The minimum absolute atomic E-state index is 0.0403. The number of unbranched alkanes of at least 4 members (excludes halogenated alkanes) is 24. The lowest BCUT2D eigenvalue weighted by atomic mass is 10.0. The van der Waals surface area contributed by atoms with Gasteiger partial charge in [0.15, 0.2) is 0 Å². The Balaban J connectivity index is 4.38. The van der Waals surface area contributed by atoms with E-state index in [4.69, 9.17) is 14.9 Å². The van der Waals surface area contributed by atoms with Crippen molar-refractivity contribution in [2.45, 2.75) is 244 Å². The van der Waals surface area contributed by atoms with Crippen LogP contribution in [-0.2, 0) is 23.9 Å². The Morgan fingerprint density at radius 1 is 0.508 bits per heavy atom. The predicted molar refractivity (Wildman–Crippen MR) is 245 cm³/mol. The molecule has 342 valence electrons. The Labute approximate surface area is 361 Å². The molecule has 9 nitrogen and oxygen atoms in total. The largest absolute Gasteiger partial charge is 0.480 e. The van der Waals surface area contributed by atoms with Crippen LogP contribution in [0.15, 0.2) is 36.5 Å². The first-order valence-electron chi connectivity index (χ1n) is 24.4. The van der Waals surface area contributed by atoms with Crippen molar-refractivity contribution in [3.63, 3.8) is 0 Å². The molecule has 2 atom stereocenters. The molecule has 0 aromatic heterocycles. The number of carbonyl (C=O) groups is 4. The second-order valence-electron chi connectivity index (χ2n) is 16.5. The summed E-state index contributed by atoms with van der Waals surface area (Å²) >= 11 is 0. The fourth-order valence-corrected chi connectivity index (χ4v) is 7.09. The van der Waals surface area contributed by atoms with Crippen LogP contribution in [0.5, 0.6) is 0 Å². The number of aliphatic hydroxyl groups is 1. The lowest BCUT2D eigenvalue weighted by Gasteiger charge is -2.18. The number of hydrogen-bond acceptors (Lipinski definition) is 6. The number of carbonyl (C=O) groups excluding carboxylic acids is 3. The standard InChI is InChI=1S/C50H90N2O7/c1-3-5-7-9-11-13-15-17-19-21-23-25-27-29-34-38-42-49(56)59-45(39-35-31-28-26-24-22-20-18-16-14-12-10-8-6-4-2)40-36-32-30-33-37-41-47(54)51-43-48(55)52-46(44-53)50(57)58/h16,18-19,21-22,24,45-46,53H,3-15,17,20,23,25-44H2,1-2H3,(H,51,54)(H,52,55)(H,57,58)/b18-16-,21-19-,24-22-. The Bertz CT molecular complexity index is 1090. The summed E-state index contributed by atoms with van der Waals surface area (Å²) in [5.41, 5.74) is 0. The van der Waals surface area contributed by atoms with E-state index in [2.05, 4.69) is 60.9 Å². The van der Waals surface area contributed by atoms with Crippen LogP contribution in [0.1, 0.15) is 232 Å². The number of carboxylic acids is 1. The number of hydrogen-bond donors (Lipinski definition) is 4. The van der Waals surface area contributed by atoms with Gasteiger partial charge < -0.3 is 25.6 Å². The topological polar surface area (TPSA) is 142 Å². The monoisotopic (exact) mass is 831 g/mol. The van der Waals surface area contributed by atoms with Crippen molar-refractivity contribution in [3.05, 3.63) is 36.5 Å². The molecule has 0 aromatic rings. The molecule has 0 rings (SSSR count). The van der Waals surface area contributed by atoms with Gasteiger partial charge >= 0.3 is 11.9 Å². The zero-order chi connectivity index (χ0) is 43.3. The average Bonchev–Trinajstić information content (AvgIpc) is 3.22. The minimum atomic E-state index is -1.39. The maximum absolute atomic E-state index is 12.8. The molecule has 0 heterocycles. The molecule has 0 aliphatic rings. The number of esters is 1. The number of allylic oxidation sites excluding steroid dienone is 6. The highest BCUT2D eigenvalue weighted by molar-refractivity contribution is 5.87. The van der Waals surface area contributed by atoms with Crippen LogP contribution in [0.25, 0.3) is 0 Å². The Morgan fingerprint density at radius 2 is 0.915 bits per heavy atom. The zero-order valence-corrected chi connectivity index (χ0v) is 38.0. The molecule has 0 bridgehead atoms. The fourth-order valence-electron chi connectivity index (χ4n) is 7.09. The summed E-state index contributed by atoms with van der Waals surface area (Å²) in [4.78, 5) is 47.7. The van der Waals surface area contributed by atoms with Crippen molar-refractivity contribution in [1.82, 2.24) is 10.6 Å². The third-order valence-electron chi connectivity index (χ3n) is 10.9. The van der Waals surface area contributed by atoms with Gasteiger partial charge in [0.25, 0.3) is 0 Å². The second kappa shape index (κ2) is 44.6. The van der Waals surface area contributed by atoms with Gasteiger partial charge in [0.1, 0.15) is 12.1 Å². The third kappa shape index (κ3) is 41.6. The first-order valence-corrected chi connectivity index (χ1v) is 24.4. The van der Waals surface area contributed by atoms with Gasteiger partial charge in [-0.2, -0.15) is 0 Å². The highest BCUT2D eigenvalue weighted by Gasteiger charge is 2.19. The first kappa shape index (κ1) is 56.1. The molecule has 0 fully saturated rings. The lowest BCUT2D eigenvalue weighted by Crippen LogP contribution is -2.47. The number of aliphatic hydroxyl groups excluding tert-OH is 1. The van der Waals surface area contributed by atoms with Crippen LogP contribution < -0.4 is 10.6 Å². The molecule has 0 spiro atoms. The van der Waals surface area contributed by atoms with Crippen LogP contribution >= 0.6 is 0 Å². The molecule has 0 aliphatic heterocycles. The van der Waals surface area contributed by atoms with Crippen LogP contribution in [0, 0.1) is 0 Å². The summed E-state index contributed by atoms with van der Waals surface area (Å²) in [6, 6.07) is -1.39. The summed E-state index contributed by atoms with van der Waals surface area (Å²) in [6.45, 7) is 3.48. The van der Waals surface area contributed by atoms with Gasteiger partial charge in [-0.25, -0.2) is 4.79 Å². The number of carboxylic acid groups (broad SMARTS) is 1. The molecule has 0 aliphatic carbocycles. The SMILES string of the molecule is CCCCCCC/C=C\C/C=C\CCCCCC(CCCCCCCC(=O)NCC(=O)NC(CO)C(=O)O)OC(=O)CCCCCCC/C=C\CCCCCCCCC. The number of nitrogens with one attached hydrogen (secondary N) is 2.